The number of benzene rings is 1. The van der Waals surface area contributed by atoms with Gasteiger partial charge in [0.2, 0.25) is 5.91 Å². The van der Waals surface area contributed by atoms with Crippen molar-refractivity contribution in [2.75, 3.05) is 11.1 Å². The topological polar surface area (TPSA) is 59.8 Å². The molecule has 1 aromatic carbocycles. The zero-order valence-corrected chi connectivity index (χ0v) is 15.1. The fourth-order valence-corrected chi connectivity index (χ4v) is 3.59. The fraction of sp³-hybridized carbons (Fsp3) is 0.188. The summed E-state index contributed by atoms with van der Waals surface area (Å²) in [5, 5.41) is 13.3. The van der Waals surface area contributed by atoms with Crippen molar-refractivity contribution in [1.29, 1.82) is 0 Å². The second-order valence-electron chi connectivity index (χ2n) is 5.25. The second kappa shape index (κ2) is 7.50. The number of alkyl halides is 3. The van der Waals surface area contributed by atoms with E-state index in [0.29, 0.717) is 16.7 Å². The molecule has 26 heavy (non-hydrogen) atoms. The van der Waals surface area contributed by atoms with E-state index in [9.17, 15) is 18.0 Å². The fourth-order valence-electron chi connectivity index (χ4n) is 2.13. The van der Waals surface area contributed by atoms with Gasteiger partial charge in [-0.2, -0.15) is 13.2 Å². The Balaban J connectivity index is 1.58. The molecule has 0 saturated heterocycles. The number of carbonyl (C=O) groups is 1. The molecule has 3 rings (SSSR count). The van der Waals surface area contributed by atoms with Gasteiger partial charge in [0.05, 0.1) is 16.2 Å². The average Bonchev–Trinajstić information content (AvgIpc) is 3.22. The lowest BCUT2D eigenvalue weighted by Crippen LogP contribution is -2.14. The van der Waals surface area contributed by atoms with E-state index in [2.05, 4.69) is 15.5 Å². The molecule has 2 aromatic heterocycles. The summed E-state index contributed by atoms with van der Waals surface area (Å²) in [5.74, 6) is 0.443. The zero-order valence-electron chi connectivity index (χ0n) is 13.4. The van der Waals surface area contributed by atoms with Crippen LogP contribution in [0.5, 0.6) is 0 Å². The number of halogens is 3. The maximum Gasteiger partial charge on any atom is 0.416 e. The number of thiophene rings is 1. The highest BCUT2D eigenvalue weighted by molar-refractivity contribution is 7.99. The van der Waals surface area contributed by atoms with E-state index >= 15 is 0 Å². The van der Waals surface area contributed by atoms with E-state index in [4.69, 9.17) is 0 Å². The van der Waals surface area contributed by atoms with Gasteiger partial charge in [-0.05, 0) is 35.7 Å². The number of carbonyl (C=O) groups excluding carboxylic acids is 1. The maximum atomic E-state index is 12.5. The monoisotopic (exact) mass is 398 g/mol. The summed E-state index contributed by atoms with van der Waals surface area (Å²) in [5.41, 5.74) is -0.453. The normalized spacial score (nSPS) is 11.5. The van der Waals surface area contributed by atoms with Crippen LogP contribution < -0.4 is 5.32 Å². The lowest BCUT2D eigenvalue weighted by atomic mass is 10.2. The lowest BCUT2D eigenvalue weighted by molar-refractivity contribution is -0.137. The third-order valence-electron chi connectivity index (χ3n) is 3.40. The van der Waals surface area contributed by atoms with Crippen molar-refractivity contribution in [2.24, 2.45) is 7.05 Å². The number of thioether (sulfide) groups is 1. The molecule has 2 heterocycles. The standard InChI is InChI=1S/C16H13F3N4OS2/c1-23-14(12-3-2-8-25-12)21-22-15(23)26-9-13(24)20-11-6-4-10(5-7-11)16(17,18)19/h2-8H,9H2,1H3,(H,20,24). The van der Waals surface area contributed by atoms with Gasteiger partial charge in [-0.15, -0.1) is 21.5 Å². The molecule has 0 aliphatic rings. The van der Waals surface area contributed by atoms with Gasteiger partial charge in [-0.25, -0.2) is 0 Å². The first kappa shape index (κ1) is 18.5. The van der Waals surface area contributed by atoms with Gasteiger partial charge in [0.25, 0.3) is 0 Å². The molecule has 136 valence electrons. The number of nitrogens with zero attached hydrogens (tertiary/aromatic N) is 3. The van der Waals surface area contributed by atoms with Crippen LogP contribution in [0.15, 0.2) is 46.9 Å². The van der Waals surface area contributed by atoms with Gasteiger partial charge in [0.15, 0.2) is 11.0 Å². The van der Waals surface area contributed by atoms with Crippen molar-refractivity contribution < 1.29 is 18.0 Å². The molecule has 5 nitrogen and oxygen atoms in total. The van der Waals surface area contributed by atoms with Gasteiger partial charge >= 0.3 is 6.18 Å². The van der Waals surface area contributed by atoms with Gasteiger partial charge < -0.3 is 9.88 Å². The van der Waals surface area contributed by atoms with E-state index in [-0.39, 0.29) is 11.7 Å². The van der Waals surface area contributed by atoms with Crippen LogP contribution >= 0.6 is 23.1 Å². The molecule has 1 N–H and O–H groups in total. The molecule has 0 unspecified atom stereocenters. The molecule has 3 aromatic rings. The molecule has 0 spiro atoms. The van der Waals surface area contributed by atoms with Crippen LogP contribution in [-0.4, -0.2) is 26.4 Å². The SMILES string of the molecule is Cn1c(SCC(=O)Nc2ccc(C(F)(F)F)cc2)nnc1-c1cccs1. The van der Waals surface area contributed by atoms with E-state index in [1.54, 1.807) is 15.9 Å². The summed E-state index contributed by atoms with van der Waals surface area (Å²) in [6.07, 6.45) is -4.40. The minimum Gasteiger partial charge on any atom is -0.325 e. The van der Waals surface area contributed by atoms with E-state index in [1.807, 2.05) is 24.6 Å². The summed E-state index contributed by atoms with van der Waals surface area (Å²) < 4.78 is 39.4. The number of amides is 1. The quantitative estimate of drug-likeness (QED) is 0.652. The molecule has 10 heteroatoms. The summed E-state index contributed by atoms with van der Waals surface area (Å²) in [6.45, 7) is 0. The highest BCUT2D eigenvalue weighted by atomic mass is 32.2. The van der Waals surface area contributed by atoms with E-state index in [1.165, 1.54) is 23.9 Å². The van der Waals surface area contributed by atoms with Crippen LogP contribution in [0.25, 0.3) is 10.7 Å². The Hall–Kier alpha value is -2.33. The van der Waals surface area contributed by atoms with Crippen molar-refractivity contribution in [3.05, 3.63) is 47.3 Å². The Morgan fingerprint density at radius 1 is 1.23 bits per heavy atom. The number of hydrogen-bond donors (Lipinski definition) is 1. The highest BCUT2D eigenvalue weighted by Gasteiger charge is 2.30. The van der Waals surface area contributed by atoms with Gasteiger partial charge in [-0.3, -0.25) is 4.79 Å². The number of nitrogens with one attached hydrogen (secondary N) is 1. The van der Waals surface area contributed by atoms with Crippen LogP contribution in [0, 0.1) is 0 Å². The molecule has 0 aliphatic heterocycles. The van der Waals surface area contributed by atoms with E-state index in [0.717, 1.165) is 17.0 Å². The van der Waals surface area contributed by atoms with Crippen molar-refractivity contribution in [3.63, 3.8) is 0 Å². The van der Waals surface area contributed by atoms with Crippen LogP contribution in [0.4, 0.5) is 18.9 Å². The third-order valence-corrected chi connectivity index (χ3v) is 5.29. The third kappa shape index (κ3) is 4.25. The largest absolute Gasteiger partial charge is 0.416 e. The predicted molar refractivity (Wildman–Crippen MR) is 95.1 cm³/mol. The Labute approximate surface area is 155 Å². The predicted octanol–water partition coefficient (Wildman–Crippen LogP) is 4.29. The molecule has 0 bridgehead atoms. The molecular weight excluding hydrogens is 385 g/mol. The van der Waals surface area contributed by atoms with E-state index < -0.39 is 11.7 Å². The number of aromatic nitrogens is 3. The molecular formula is C16H13F3N4OS2. The smallest absolute Gasteiger partial charge is 0.325 e. The van der Waals surface area contributed by atoms with Crippen molar-refractivity contribution in [2.45, 2.75) is 11.3 Å². The first-order valence-electron chi connectivity index (χ1n) is 7.38. The van der Waals surface area contributed by atoms with Crippen LogP contribution in [0.2, 0.25) is 0 Å². The van der Waals surface area contributed by atoms with Gasteiger partial charge in [0.1, 0.15) is 0 Å². The van der Waals surface area contributed by atoms with Crippen LogP contribution in [0.1, 0.15) is 5.56 Å². The van der Waals surface area contributed by atoms with Crippen molar-refractivity contribution in [1.82, 2.24) is 14.8 Å². The summed E-state index contributed by atoms with van der Waals surface area (Å²) >= 11 is 2.74. The summed E-state index contributed by atoms with van der Waals surface area (Å²) in [6, 6.07) is 8.15. The Morgan fingerprint density at radius 3 is 2.58 bits per heavy atom. The Bertz CT molecular complexity index is 889. The minimum absolute atomic E-state index is 0.0669. The summed E-state index contributed by atoms with van der Waals surface area (Å²) in [4.78, 5) is 13.0. The van der Waals surface area contributed by atoms with Gasteiger partial charge in [-0.1, -0.05) is 17.8 Å². The number of anilines is 1. The first-order valence-corrected chi connectivity index (χ1v) is 9.24. The van der Waals surface area contributed by atoms with Crippen molar-refractivity contribution in [3.8, 4) is 10.7 Å². The minimum atomic E-state index is -4.40. The molecule has 0 radical (unpaired) electrons. The maximum absolute atomic E-state index is 12.5. The average molecular weight is 398 g/mol. The van der Waals surface area contributed by atoms with Crippen LogP contribution in [0.3, 0.4) is 0 Å². The van der Waals surface area contributed by atoms with Crippen molar-refractivity contribution >= 4 is 34.7 Å². The Kier molecular flexibility index (Phi) is 5.33. The number of rotatable bonds is 5. The van der Waals surface area contributed by atoms with Crippen LogP contribution in [-0.2, 0) is 18.0 Å². The number of hydrogen-bond acceptors (Lipinski definition) is 5. The Morgan fingerprint density at radius 2 is 1.96 bits per heavy atom. The first-order chi connectivity index (χ1) is 12.3. The van der Waals surface area contributed by atoms with Gasteiger partial charge in [0, 0.05) is 12.7 Å². The lowest BCUT2D eigenvalue weighted by Gasteiger charge is -2.08. The zero-order chi connectivity index (χ0) is 18.7. The molecule has 0 saturated carbocycles. The molecule has 1 amide bonds. The summed E-state index contributed by atoms with van der Waals surface area (Å²) in [7, 11) is 1.81. The molecule has 0 aliphatic carbocycles. The molecule has 0 fully saturated rings. The second-order valence-corrected chi connectivity index (χ2v) is 7.14. The highest BCUT2D eigenvalue weighted by Crippen LogP contribution is 2.30. The molecule has 0 atom stereocenters.